The number of hydrogen-bond donors (Lipinski definition) is 0. The van der Waals surface area contributed by atoms with Crippen molar-refractivity contribution in [2.45, 2.75) is 6.92 Å². The first kappa shape index (κ1) is 9.58. The molecule has 0 amide bonds. The van der Waals surface area contributed by atoms with Gasteiger partial charge in [0.15, 0.2) is 0 Å². The highest BCUT2D eigenvalue weighted by Crippen LogP contribution is 2.20. The van der Waals surface area contributed by atoms with Crippen molar-refractivity contribution in [2.75, 3.05) is 7.11 Å². The van der Waals surface area contributed by atoms with Gasteiger partial charge in [-0.3, -0.25) is 4.98 Å². The van der Waals surface area contributed by atoms with Crippen LogP contribution in [0.5, 0.6) is 5.88 Å². The number of ether oxygens (including phenoxy) is 1. The van der Waals surface area contributed by atoms with Crippen LogP contribution in [0, 0.1) is 6.92 Å². The first-order valence-electron chi connectivity index (χ1n) is 4.60. The SMILES string of the molecule is COc1nnc(-c2ccncc2)cc1C. The average molecular weight is 201 g/mol. The van der Waals surface area contributed by atoms with Gasteiger partial charge in [0.05, 0.1) is 12.8 Å². The molecule has 2 aromatic rings. The molecule has 0 unspecified atom stereocenters. The predicted octanol–water partition coefficient (Wildman–Crippen LogP) is 1.86. The molecular formula is C11H11N3O. The van der Waals surface area contributed by atoms with Gasteiger partial charge >= 0.3 is 0 Å². The molecule has 4 heteroatoms. The summed E-state index contributed by atoms with van der Waals surface area (Å²) < 4.78 is 5.05. The Morgan fingerprint density at radius 1 is 1.13 bits per heavy atom. The van der Waals surface area contributed by atoms with Gasteiger partial charge < -0.3 is 4.74 Å². The Morgan fingerprint density at radius 3 is 2.47 bits per heavy atom. The first-order valence-corrected chi connectivity index (χ1v) is 4.60. The van der Waals surface area contributed by atoms with E-state index in [4.69, 9.17) is 4.74 Å². The van der Waals surface area contributed by atoms with E-state index >= 15 is 0 Å². The van der Waals surface area contributed by atoms with E-state index in [1.165, 1.54) is 0 Å². The van der Waals surface area contributed by atoms with E-state index < -0.39 is 0 Å². The highest BCUT2D eigenvalue weighted by molar-refractivity contribution is 5.58. The van der Waals surface area contributed by atoms with Crippen LogP contribution in [-0.4, -0.2) is 22.3 Å². The van der Waals surface area contributed by atoms with Crippen molar-refractivity contribution < 1.29 is 4.74 Å². The zero-order chi connectivity index (χ0) is 10.7. The first-order chi connectivity index (χ1) is 7.31. The topological polar surface area (TPSA) is 47.9 Å². The molecule has 0 aliphatic rings. The molecule has 0 fully saturated rings. The predicted molar refractivity (Wildman–Crippen MR) is 56.6 cm³/mol. The molecule has 76 valence electrons. The Kier molecular flexibility index (Phi) is 2.58. The molecule has 0 aliphatic carbocycles. The Morgan fingerprint density at radius 2 is 1.87 bits per heavy atom. The van der Waals surface area contributed by atoms with Crippen LogP contribution in [0.3, 0.4) is 0 Å². The lowest BCUT2D eigenvalue weighted by molar-refractivity contribution is 0.389. The van der Waals surface area contributed by atoms with Crippen molar-refractivity contribution >= 4 is 0 Å². The fourth-order valence-electron chi connectivity index (χ4n) is 1.34. The van der Waals surface area contributed by atoms with Crippen molar-refractivity contribution in [3.05, 3.63) is 36.2 Å². The van der Waals surface area contributed by atoms with E-state index in [0.717, 1.165) is 16.8 Å². The van der Waals surface area contributed by atoms with E-state index in [1.807, 2.05) is 25.1 Å². The van der Waals surface area contributed by atoms with Crippen molar-refractivity contribution in [1.29, 1.82) is 0 Å². The number of methoxy groups -OCH3 is 1. The Hall–Kier alpha value is -1.97. The van der Waals surface area contributed by atoms with Gasteiger partial charge in [-0.15, -0.1) is 10.2 Å². The molecule has 2 heterocycles. The molecule has 0 saturated heterocycles. The zero-order valence-electron chi connectivity index (χ0n) is 8.64. The van der Waals surface area contributed by atoms with Gasteiger partial charge in [0.25, 0.3) is 0 Å². The van der Waals surface area contributed by atoms with Gasteiger partial charge in [-0.2, -0.15) is 0 Å². The minimum absolute atomic E-state index is 0.563. The van der Waals surface area contributed by atoms with Crippen molar-refractivity contribution in [3.8, 4) is 17.1 Å². The average Bonchev–Trinajstić information content (AvgIpc) is 2.30. The normalized spacial score (nSPS) is 10.0. The molecule has 0 radical (unpaired) electrons. The molecule has 0 aliphatic heterocycles. The van der Waals surface area contributed by atoms with Gasteiger partial charge in [0.1, 0.15) is 0 Å². The second kappa shape index (κ2) is 4.04. The van der Waals surface area contributed by atoms with E-state index in [0.29, 0.717) is 5.88 Å². The second-order valence-corrected chi connectivity index (χ2v) is 3.16. The molecule has 0 atom stereocenters. The summed E-state index contributed by atoms with van der Waals surface area (Å²) in [6.07, 6.45) is 3.47. The van der Waals surface area contributed by atoms with Crippen LogP contribution in [-0.2, 0) is 0 Å². The van der Waals surface area contributed by atoms with Crippen LogP contribution in [0.4, 0.5) is 0 Å². The molecule has 0 N–H and O–H groups in total. The number of aryl methyl sites for hydroxylation is 1. The minimum Gasteiger partial charge on any atom is -0.480 e. The number of hydrogen-bond acceptors (Lipinski definition) is 4. The van der Waals surface area contributed by atoms with Crippen molar-refractivity contribution in [1.82, 2.24) is 15.2 Å². The van der Waals surface area contributed by atoms with Crippen LogP contribution in [0.15, 0.2) is 30.6 Å². The van der Waals surface area contributed by atoms with E-state index in [1.54, 1.807) is 19.5 Å². The smallest absolute Gasteiger partial charge is 0.236 e. The highest BCUT2D eigenvalue weighted by atomic mass is 16.5. The standard InChI is InChI=1S/C11H11N3O/c1-8-7-10(13-14-11(8)15-2)9-3-5-12-6-4-9/h3-7H,1-2H3. The van der Waals surface area contributed by atoms with E-state index in [9.17, 15) is 0 Å². The van der Waals surface area contributed by atoms with Crippen molar-refractivity contribution in [2.24, 2.45) is 0 Å². The van der Waals surface area contributed by atoms with Crippen LogP contribution in [0.2, 0.25) is 0 Å². The summed E-state index contributed by atoms with van der Waals surface area (Å²) in [7, 11) is 1.59. The molecule has 4 nitrogen and oxygen atoms in total. The largest absolute Gasteiger partial charge is 0.480 e. The Bertz CT molecular complexity index is 457. The summed E-state index contributed by atoms with van der Waals surface area (Å²) in [4.78, 5) is 3.95. The molecular weight excluding hydrogens is 190 g/mol. The fraction of sp³-hybridized carbons (Fsp3) is 0.182. The lowest BCUT2D eigenvalue weighted by Crippen LogP contribution is -1.95. The highest BCUT2D eigenvalue weighted by Gasteiger charge is 2.04. The maximum atomic E-state index is 5.05. The van der Waals surface area contributed by atoms with Crippen LogP contribution in [0.1, 0.15) is 5.56 Å². The quantitative estimate of drug-likeness (QED) is 0.744. The van der Waals surface area contributed by atoms with Gasteiger partial charge in [0.2, 0.25) is 5.88 Å². The third kappa shape index (κ3) is 1.93. The Balaban J connectivity index is 2.43. The number of nitrogens with zero attached hydrogens (tertiary/aromatic N) is 3. The maximum Gasteiger partial charge on any atom is 0.236 e. The third-order valence-corrected chi connectivity index (χ3v) is 2.11. The summed E-state index contributed by atoms with van der Waals surface area (Å²) in [5.41, 5.74) is 2.80. The van der Waals surface area contributed by atoms with Crippen LogP contribution < -0.4 is 4.74 Å². The molecule has 0 saturated carbocycles. The maximum absolute atomic E-state index is 5.05. The van der Waals surface area contributed by atoms with Gasteiger partial charge in [-0.25, -0.2) is 0 Å². The molecule has 0 spiro atoms. The van der Waals surface area contributed by atoms with Gasteiger partial charge in [0, 0.05) is 23.5 Å². The number of aromatic nitrogens is 3. The summed E-state index contributed by atoms with van der Waals surface area (Å²) in [5.74, 6) is 0.563. The third-order valence-electron chi connectivity index (χ3n) is 2.11. The number of pyridine rings is 1. The Labute approximate surface area is 88.0 Å². The summed E-state index contributed by atoms with van der Waals surface area (Å²) in [5, 5.41) is 8.06. The number of rotatable bonds is 2. The van der Waals surface area contributed by atoms with Crippen LogP contribution in [0.25, 0.3) is 11.3 Å². The van der Waals surface area contributed by atoms with Gasteiger partial charge in [-0.1, -0.05) is 0 Å². The summed E-state index contributed by atoms with van der Waals surface area (Å²) >= 11 is 0. The minimum atomic E-state index is 0.563. The molecule has 15 heavy (non-hydrogen) atoms. The molecule has 2 rings (SSSR count). The zero-order valence-corrected chi connectivity index (χ0v) is 8.64. The summed E-state index contributed by atoms with van der Waals surface area (Å²) in [6.45, 7) is 1.94. The van der Waals surface area contributed by atoms with E-state index in [-0.39, 0.29) is 0 Å². The second-order valence-electron chi connectivity index (χ2n) is 3.16. The summed E-state index contributed by atoms with van der Waals surface area (Å²) in [6, 6.07) is 5.74. The van der Waals surface area contributed by atoms with Gasteiger partial charge in [-0.05, 0) is 25.1 Å². The van der Waals surface area contributed by atoms with Crippen LogP contribution >= 0.6 is 0 Å². The molecule has 0 aromatic carbocycles. The lowest BCUT2D eigenvalue weighted by atomic mass is 10.1. The van der Waals surface area contributed by atoms with Crippen molar-refractivity contribution in [3.63, 3.8) is 0 Å². The fourth-order valence-corrected chi connectivity index (χ4v) is 1.34. The van der Waals surface area contributed by atoms with E-state index in [2.05, 4.69) is 15.2 Å². The molecule has 2 aromatic heterocycles. The monoisotopic (exact) mass is 201 g/mol. The molecule has 0 bridgehead atoms. The lowest BCUT2D eigenvalue weighted by Gasteiger charge is -2.04.